The Bertz CT molecular complexity index is 419. The van der Waals surface area contributed by atoms with Crippen molar-refractivity contribution in [2.75, 3.05) is 12.8 Å². The van der Waals surface area contributed by atoms with Crippen LogP contribution >= 0.6 is 0 Å². The molecule has 130 valence electrons. The van der Waals surface area contributed by atoms with Crippen molar-refractivity contribution in [3.8, 4) is 0 Å². The van der Waals surface area contributed by atoms with Crippen molar-refractivity contribution in [2.45, 2.75) is 71.6 Å². The van der Waals surface area contributed by atoms with Gasteiger partial charge in [-0.05, 0) is 19.3 Å². The van der Waals surface area contributed by atoms with E-state index in [4.69, 9.17) is 13.0 Å². The van der Waals surface area contributed by atoms with Gasteiger partial charge in [0.1, 0.15) is 6.20 Å². The smallest absolute Gasteiger partial charge is 0.102 e. The molecule has 0 saturated carbocycles. The number of allylic oxidation sites excluding steroid dienone is 2. The fraction of sp³-hybridized carbons (Fsp3) is 0.765. The van der Waals surface area contributed by atoms with E-state index in [9.17, 15) is 0 Å². The molecule has 0 aromatic heterocycles. The van der Waals surface area contributed by atoms with E-state index in [0.29, 0.717) is 6.26 Å². The van der Waals surface area contributed by atoms with Gasteiger partial charge in [-0.2, -0.15) is 0 Å². The molecule has 0 aliphatic carbocycles. The van der Waals surface area contributed by atoms with Crippen LogP contribution in [-0.2, 0) is 10.1 Å². The van der Waals surface area contributed by atoms with E-state index in [0.717, 1.165) is 0 Å². The van der Waals surface area contributed by atoms with Gasteiger partial charge in [-0.3, -0.25) is 4.90 Å². The maximum atomic E-state index is 9.08. The molecule has 0 bridgehead atoms. The molecule has 1 aliphatic heterocycles. The standard InChI is InChI=1S/C16H29N.CH4O3S/c1-3-5-6-7-8-9-10-11-13-17-14-12-16(4-2)15-17;1-5(2,3)4/h12,14-15H,3-11,13H2,1-2H3;1H3,(H,2,3,4). The Morgan fingerprint density at radius 3 is 1.95 bits per heavy atom. The highest BCUT2D eigenvalue weighted by molar-refractivity contribution is 7.84. The molecule has 0 fully saturated rings. The van der Waals surface area contributed by atoms with Crippen molar-refractivity contribution >= 4 is 10.1 Å². The molecular formula is C17H33NO3S. The Kier molecular flexibility index (Phi) is 12.5. The van der Waals surface area contributed by atoms with E-state index in [1.165, 1.54) is 69.9 Å². The summed E-state index contributed by atoms with van der Waals surface area (Å²) >= 11 is 0. The van der Waals surface area contributed by atoms with Crippen LogP contribution < -0.4 is 4.90 Å². The first-order chi connectivity index (χ1) is 10.4. The second-order valence-electron chi connectivity index (χ2n) is 5.91. The first-order valence-electron chi connectivity index (χ1n) is 8.52. The van der Waals surface area contributed by atoms with Gasteiger partial charge in [0, 0.05) is 17.9 Å². The van der Waals surface area contributed by atoms with Crippen molar-refractivity contribution in [2.24, 2.45) is 0 Å². The van der Waals surface area contributed by atoms with Gasteiger partial charge in [0.25, 0.3) is 0 Å². The van der Waals surface area contributed by atoms with Crippen LogP contribution in [0.5, 0.6) is 0 Å². The molecule has 0 amide bonds. The van der Waals surface area contributed by atoms with E-state index in [-0.39, 0.29) is 0 Å². The highest BCUT2D eigenvalue weighted by Crippen LogP contribution is 2.08. The first-order valence-corrected chi connectivity index (χ1v) is 10.3. The van der Waals surface area contributed by atoms with Crippen LogP contribution in [0.25, 0.3) is 0 Å². The monoisotopic (exact) mass is 331 g/mol. The largest absolute Gasteiger partial charge is 0.748 e. The van der Waals surface area contributed by atoms with Crippen LogP contribution in [-0.4, -0.2) is 25.8 Å². The van der Waals surface area contributed by atoms with Crippen LogP contribution in [0, 0.1) is 0 Å². The normalized spacial score (nSPS) is 17.1. The predicted molar refractivity (Wildman–Crippen MR) is 91.6 cm³/mol. The van der Waals surface area contributed by atoms with Crippen molar-refractivity contribution in [1.82, 2.24) is 0 Å². The van der Waals surface area contributed by atoms with Crippen LogP contribution in [0.2, 0.25) is 0 Å². The van der Waals surface area contributed by atoms with Gasteiger partial charge in [0.05, 0.1) is 22.9 Å². The van der Waals surface area contributed by atoms with E-state index in [1.54, 1.807) is 4.90 Å². The minimum atomic E-state index is -3.92. The maximum absolute atomic E-state index is 9.08. The SMILES string of the molecule is CCCCCCCCCC[NH+]1C=CC(CC)=C1.CS(=O)(=O)[O-]. The number of rotatable bonds is 10. The summed E-state index contributed by atoms with van der Waals surface area (Å²) in [6.45, 7) is 5.80. The summed E-state index contributed by atoms with van der Waals surface area (Å²) in [4.78, 5) is 1.55. The highest BCUT2D eigenvalue weighted by Gasteiger charge is 2.08. The Morgan fingerprint density at radius 2 is 1.50 bits per heavy atom. The van der Waals surface area contributed by atoms with Gasteiger partial charge in [-0.1, -0.05) is 52.4 Å². The van der Waals surface area contributed by atoms with Gasteiger partial charge >= 0.3 is 0 Å². The van der Waals surface area contributed by atoms with Crippen molar-refractivity contribution in [1.29, 1.82) is 0 Å². The summed E-state index contributed by atoms with van der Waals surface area (Å²) in [5.41, 5.74) is 1.50. The van der Waals surface area contributed by atoms with E-state index in [2.05, 4.69) is 32.3 Å². The fourth-order valence-electron chi connectivity index (χ4n) is 2.39. The van der Waals surface area contributed by atoms with Crippen molar-refractivity contribution in [3.05, 3.63) is 24.0 Å². The third-order valence-corrected chi connectivity index (χ3v) is 3.61. The minimum absolute atomic E-state index is 0.604. The summed E-state index contributed by atoms with van der Waals surface area (Å²) in [7, 11) is -3.92. The summed E-state index contributed by atoms with van der Waals surface area (Å²) in [6, 6.07) is 0. The molecule has 5 heteroatoms. The molecule has 0 spiro atoms. The number of quaternary nitrogens is 1. The molecule has 1 heterocycles. The summed E-state index contributed by atoms with van der Waals surface area (Å²) in [6.07, 6.45) is 20.1. The van der Waals surface area contributed by atoms with Crippen molar-refractivity contribution < 1.29 is 17.9 Å². The molecule has 22 heavy (non-hydrogen) atoms. The highest BCUT2D eigenvalue weighted by atomic mass is 32.2. The average molecular weight is 332 g/mol. The Labute approximate surface area is 137 Å². The Morgan fingerprint density at radius 1 is 1.00 bits per heavy atom. The molecule has 0 saturated heterocycles. The molecule has 1 atom stereocenters. The first kappa shape index (κ1) is 21.4. The lowest BCUT2D eigenvalue weighted by Crippen LogP contribution is -3.01. The quantitative estimate of drug-likeness (QED) is 0.494. The van der Waals surface area contributed by atoms with Crippen molar-refractivity contribution in [3.63, 3.8) is 0 Å². The lowest BCUT2D eigenvalue weighted by molar-refractivity contribution is -0.788. The Hall–Kier alpha value is -0.650. The van der Waals surface area contributed by atoms with Crippen LogP contribution in [0.1, 0.15) is 71.6 Å². The molecule has 1 unspecified atom stereocenters. The number of hydrogen-bond acceptors (Lipinski definition) is 3. The average Bonchev–Trinajstić information content (AvgIpc) is 2.88. The van der Waals surface area contributed by atoms with Crippen LogP contribution in [0.3, 0.4) is 0 Å². The van der Waals surface area contributed by atoms with Crippen LogP contribution in [0.15, 0.2) is 24.0 Å². The molecule has 1 N–H and O–H groups in total. The topological polar surface area (TPSA) is 61.6 Å². The molecule has 0 aromatic carbocycles. The van der Waals surface area contributed by atoms with Gasteiger partial charge in [-0.25, -0.2) is 8.42 Å². The Balaban J connectivity index is 0.000000763. The van der Waals surface area contributed by atoms with Crippen LogP contribution in [0.4, 0.5) is 0 Å². The molecule has 0 radical (unpaired) electrons. The van der Waals surface area contributed by atoms with Gasteiger partial charge < -0.3 is 4.55 Å². The lowest BCUT2D eigenvalue weighted by Gasteiger charge is -2.06. The molecule has 4 nitrogen and oxygen atoms in total. The second kappa shape index (κ2) is 12.9. The van der Waals surface area contributed by atoms with Gasteiger partial charge in [0.15, 0.2) is 0 Å². The zero-order valence-corrected chi connectivity index (χ0v) is 15.3. The maximum Gasteiger partial charge on any atom is 0.102 e. The van der Waals surface area contributed by atoms with E-state index < -0.39 is 10.1 Å². The summed E-state index contributed by atoms with van der Waals surface area (Å²) in [5.74, 6) is 0. The van der Waals surface area contributed by atoms with E-state index in [1.807, 2.05) is 0 Å². The number of hydrogen-bond donors (Lipinski definition) is 1. The minimum Gasteiger partial charge on any atom is -0.748 e. The second-order valence-corrected chi connectivity index (χ2v) is 7.32. The third-order valence-electron chi connectivity index (χ3n) is 3.61. The zero-order valence-electron chi connectivity index (χ0n) is 14.4. The number of nitrogens with one attached hydrogen (secondary N) is 1. The van der Waals surface area contributed by atoms with E-state index >= 15 is 0 Å². The zero-order chi connectivity index (χ0) is 16.8. The molecule has 0 aromatic rings. The third kappa shape index (κ3) is 15.7. The lowest BCUT2D eigenvalue weighted by atomic mass is 10.1. The molecule has 1 aliphatic rings. The fourth-order valence-corrected chi connectivity index (χ4v) is 2.39. The predicted octanol–water partition coefficient (Wildman–Crippen LogP) is 2.99. The van der Waals surface area contributed by atoms with Gasteiger partial charge in [-0.15, -0.1) is 0 Å². The molecular weight excluding hydrogens is 298 g/mol. The van der Waals surface area contributed by atoms with Gasteiger partial charge in [0.2, 0.25) is 0 Å². The summed E-state index contributed by atoms with van der Waals surface area (Å²) < 4.78 is 27.2. The summed E-state index contributed by atoms with van der Waals surface area (Å²) in [5, 5.41) is 0. The molecule has 1 rings (SSSR count). The number of unbranched alkanes of at least 4 members (excludes halogenated alkanes) is 7.